The molecule has 17 heavy (non-hydrogen) atoms. The normalized spacial score (nSPS) is 19.8. The van der Waals surface area contributed by atoms with Crippen molar-refractivity contribution in [3.63, 3.8) is 0 Å². The van der Waals surface area contributed by atoms with Gasteiger partial charge in [0.15, 0.2) is 5.82 Å². The average molecular weight is 276 g/mol. The monoisotopic (exact) mass is 275 g/mol. The maximum Gasteiger partial charge on any atom is 0.231 e. The molecular weight excluding hydrogens is 262 g/mol. The van der Waals surface area contributed by atoms with Crippen LogP contribution in [0.5, 0.6) is 0 Å². The number of allylic oxidation sites excluding steroid dienone is 1. The van der Waals surface area contributed by atoms with Crippen molar-refractivity contribution < 1.29 is 8.42 Å². The first-order chi connectivity index (χ1) is 7.79. The molecule has 2 rings (SSSR count). The Labute approximate surface area is 106 Å². The molecule has 0 saturated carbocycles. The molecule has 0 aromatic carbocycles. The number of halogens is 1. The molecule has 0 spiro atoms. The number of hydrogen-bond donors (Lipinski definition) is 1. The molecule has 0 aliphatic heterocycles. The van der Waals surface area contributed by atoms with Gasteiger partial charge in [0.05, 0.1) is 17.5 Å². The van der Waals surface area contributed by atoms with Crippen LogP contribution in [-0.2, 0) is 17.1 Å². The van der Waals surface area contributed by atoms with Gasteiger partial charge >= 0.3 is 0 Å². The predicted molar refractivity (Wildman–Crippen MR) is 68.5 cm³/mol. The van der Waals surface area contributed by atoms with Crippen LogP contribution in [0.2, 0.25) is 0 Å². The van der Waals surface area contributed by atoms with Crippen LogP contribution in [-0.4, -0.2) is 24.5 Å². The zero-order chi connectivity index (χ0) is 12.8. The minimum absolute atomic E-state index is 0.278. The number of nitrogens with zero attached hydrogens (tertiary/aromatic N) is 2. The fraction of sp³-hybridized carbons (Fsp3) is 0.500. The second-order valence-electron chi connectivity index (χ2n) is 4.30. The van der Waals surface area contributed by atoms with E-state index in [2.05, 4.69) is 16.7 Å². The van der Waals surface area contributed by atoms with Crippen molar-refractivity contribution in [3.05, 3.63) is 17.3 Å². The number of rotatable bonds is 2. The van der Waals surface area contributed by atoms with E-state index in [0.29, 0.717) is 16.4 Å². The summed E-state index contributed by atoms with van der Waals surface area (Å²) in [5, 5.41) is 4.73. The Morgan fingerprint density at radius 3 is 2.82 bits per heavy atom. The Morgan fingerprint density at radius 2 is 2.24 bits per heavy atom. The lowest BCUT2D eigenvalue weighted by Gasteiger charge is -2.17. The SMILES string of the molecule is CC1CC=C(Cl)c2c(NS(C)(=O)=O)nn(C)c21. The number of anilines is 1. The molecule has 0 bridgehead atoms. The van der Waals surface area contributed by atoms with Crippen LogP contribution in [0.4, 0.5) is 5.82 Å². The molecule has 1 aromatic heterocycles. The molecule has 1 heterocycles. The maximum atomic E-state index is 11.3. The Morgan fingerprint density at radius 1 is 1.59 bits per heavy atom. The smallest absolute Gasteiger partial charge is 0.231 e. The van der Waals surface area contributed by atoms with Gasteiger partial charge < -0.3 is 0 Å². The van der Waals surface area contributed by atoms with E-state index in [1.54, 1.807) is 11.7 Å². The summed E-state index contributed by atoms with van der Waals surface area (Å²) in [6, 6.07) is 0. The van der Waals surface area contributed by atoms with E-state index in [-0.39, 0.29) is 5.92 Å². The molecule has 0 fully saturated rings. The van der Waals surface area contributed by atoms with Gasteiger partial charge in [-0.3, -0.25) is 9.40 Å². The van der Waals surface area contributed by atoms with E-state index in [0.717, 1.165) is 18.4 Å². The first-order valence-electron chi connectivity index (χ1n) is 5.20. The Balaban J connectivity index is 2.58. The lowest BCUT2D eigenvalue weighted by Crippen LogP contribution is -2.11. The average Bonchev–Trinajstić information content (AvgIpc) is 2.48. The van der Waals surface area contributed by atoms with Crippen molar-refractivity contribution in [2.24, 2.45) is 7.05 Å². The van der Waals surface area contributed by atoms with Gasteiger partial charge in [-0.15, -0.1) is 0 Å². The zero-order valence-electron chi connectivity index (χ0n) is 9.86. The molecule has 0 radical (unpaired) electrons. The quantitative estimate of drug-likeness (QED) is 0.896. The Bertz CT molecular complexity index is 589. The van der Waals surface area contributed by atoms with E-state index in [9.17, 15) is 8.42 Å². The number of aryl methyl sites for hydroxylation is 1. The summed E-state index contributed by atoms with van der Waals surface area (Å²) in [6.07, 6.45) is 3.82. The summed E-state index contributed by atoms with van der Waals surface area (Å²) in [5.41, 5.74) is 1.65. The summed E-state index contributed by atoms with van der Waals surface area (Å²) in [4.78, 5) is 0. The number of nitrogens with one attached hydrogen (secondary N) is 1. The van der Waals surface area contributed by atoms with Crippen LogP contribution in [0.1, 0.15) is 30.5 Å². The second-order valence-corrected chi connectivity index (χ2v) is 6.45. The van der Waals surface area contributed by atoms with Crippen molar-refractivity contribution in [2.75, 3.05) is 11.0 Å². The van der Waals surface area contributed by atoms with Gasteiger partial charge in [-0.2, -0.15) is 5.10 Å². The van der Waals surface area contributed by atoms with E-state index >= 15 is 0 Å². The first kappa shape index (κ1) is 12.4. The molecule has 1 aliphatic carbocycles. The van der Waals surface area contributed by atoms with Gasteiger partial charge in [0, 0.05) is 18.0 Å². The van der Waals surface area contributed by atoms with Crippen molar-refractivity contribution in [3.8, 4) is 0 Å². The molecular formula is C10H14ClN3O2S. The van der Waals surface area contributed by atoms with Crippen molar-refractivity contribution in [2.45, 2.75) is 19.3 Å². The lowest BCUT2D eigenvalue weighted by atomic mass is 9.94. The zero-order valence-corrected chi connectivity index (χ0v) is 11.4. The van der Waals surface area contributed by atoms with Crippen molar-refractivity contribution in [1.82, 2.24) is 9.78 Å². The van der Waals surface area contributed by atoms with Crippen molar-refractivity contribution in [1.29, 1.82) is 0 Å². The van der Waals surface area contributed by atoms with Crippen LogP contribution < -0.4 is 4.72 Å². The molecule has 1 aliphatic rings. The van der Waals surface area contributed by atoms with E-state index in [1.165, 1.54) is 0 Å². The van der Waals surface area contributed by atoms with Crippen LogP contribution in [0.25, 0.3) is 5.03 Å². The van der Waals surface area contributed by atoms with Gasteiger partial charge in [-0.1, -0.05) is 24.6 Å². The fourth-order valence-corrected chi connectivity index (χ4v) is 2.85. The van der Waals surface area contributed by atoms with Gasteiger partial charge in [0.1, 0.15) is 0 Å². The van der Waals surface area contributed by atoms with Crippen LogP contribution in [0.15, 0.2) is 6.08 Å². The lowest BCUT2D eigenvalue weighted by molar-refractivity contribution is 0.606. The topological polar surface area (TPSA) is 64.0 Å². The van der Waals surface area contributed by atoms with E-state index in [4.69, 9.17) is 11.6 Å². The molecule has 1 N–H and O–H groups in total. The molecule has 0 saturated heterocycles. The van der Waals surface area contributed by atoms with Crippen LogP contribution >= 0.6 is 11.6 Å². The minimum atomic E-state index is -3.35. The van der Waals surface area contributed by atoms with Gasteiger partial charge in [0.25, 0.3) is 0 Å². The minimum Gasteiger partial charge on any atom is -0.270 e. The number of fused-ring (bicyclic) bond motifs is 1. The summed E-state index contributed by atoms with van der Waals surface area (Å²) in [6.45, 7) is 2.06. The van der Waals surface area contributed by atoms with E-state index < -0.39 is 10.0 Å². The Hall–Kier alpha value is -1.01. The van der Waals surface area contributed by atoms with Gasteiger partial charge in [-0.25, -0.2) is 8.42 Å². The summed E-state index contributed by atoms with van der Waals surface area (Å²) in [7, 11) is -1.56. The van der Waals surface area contributed by atoms with Crippen molar-refractivity contribution >= 4 is 32.5 Å². The second kappa shape index (κ2) is 4.03. The highest BCUT2D eigenvalue weighted by atomic mass is 35.5. The maximum absolute atomic E-state index is 11.3. The molecule has 1 atom stereocenters. The number of sulfonamides is 1. The highest BCUT2D eigenvalue weighted by Gasteiger charge is 2.27. The fourth-order valence-electron chi connectivity index (χ4n) is 2.08. The highest BCUT2D eigenvalue weighted by Crippen LogP contribution is 2.40. The Kier molecular flexibility index (Phi) is 2.95. The van der Waals surface area contributed by atoms with E-state index in [1.807, 2.05) is 6.08 Å². The summed E-state index contributed by atoms with van der Waals surface area (Å²) < 4.78 is 26.6. The molecule has 0 amide bonds. The largest absolute Gasteiger partial charge is 0.270 e. The van der Waals surface area contributed by atoms with Gasteiger partial charge in [-0.05, 0) is 6.42 Å². The molecule has 94 valence electrons. The van der Waals surface area contributed by atoms with Crippen LogP contribution in [0.3, 0.4) is 0 Å². The van der Waals surface area contributed by atoms with Gasteiger partial charge in [0.2, 0.25) is 10.0 Å². The molecule has 1 unspecified atom stereocenters. The molecule has 7 heteroatoms. The third-order valence-corrected chi connectivity index (χ3v) is 3.64. The first-order valence-corrected chi connectivity index (χ1v) is 7.47. The molecule has 5 nitrogen and oxygen atoms in total. The third kappa shape index (κ3) is 2.32. The predicted octanol–water partition coefficient (Wildman–Crippen LogP) is 1.88. The highest BCUT2D eigenvalue weighted by molar-refractivity contribution is 7.92. The number of hydrogen-bond acceptors (Lipinski definition) is 3. The number of aromatic nitrogens is 2. The molecule has 1 aromatic rings. The summed E-state index contributed by atoms with van der Waals surface area (Å²) >= 11 is 6.13. The standard InChI is InChI=1S/C10H14ClN3O2S/c1-6-4-5-7(11)8-9(6)14(2)12-10(8)13-17(3,15)16/h5-6H,4H2,1-3H3,(H,12,13). The third-order valence-electron chi connectivity index (χ3n) is 2.73. The van der Waals surface area contributed by atoms with Crippen LogP contribution in [0, 0.1) is 0 Å². The summed E-state index contributed by atoms with van der Waals surface area (Å²) in [5.74, 6) is 0.581.